The topological polar surface area (TPSA) is 80.5 Å². The monoisotopic (exact) mass is 384 g/mol. The highest BCUT2D eigenvalue weighted by molar-refractivity contribution is 8.26. The molecule has 0 N–H and O–H groups in total. The Morgan fingerprint density at radius 2 is 1.92 bits per heavy atom. The highest BCUT2D eigenvalue weighted by Crippen LogP contribution is 2.33. The number of amides is 2. The second-order valence-corrected chi connectivity index (χ2v) is 7.22. The summed E-state index contributed by atoms with van der Waals surface area (Å²) >= 11 is 6.22. The number of nitro groups is 1. The third-order valence-electron chi connectivity index (χ3n) is 3.66. The van der Waals surface area contributed by atoms with Crippen molar-refractivity contribution in [3.63, 3.8) is 0 Å². The van der Waals surface area contributed by atoms with E-state index >= 15 is 0 Å². The summed E-state index contributed by atoms with van der Waals surface area (Å²) in [6.45, 7) is 1.86. The van der Waals surface area contributed by atoms with Crippen LogP contribution in [0.25, 0.3) is 6.08 Å². The molecule has 0 bridgehead atoms. The van der Waals surface area contributed by atoms with E-state index in [1.807, 2.05) is 13.0 Å². The van der Waals surface area contributed by atoms with Gasteiger partial charge in [0.25, 0.3) is 17.5 Å². The Labute approximate surface area is 158 Å². The van der Waals surface area contributed by atoms with Gasteiger partial charge in [0.15, 0.2) is 4.32 Å². The summed E-state index contributed by atoms with van der Waals surface area (Å²) in [6, 6.07) is 12.7. The van der Waals surface area contributed by atoms with Crippen LogP contribution in [0.2, 0.25) is 0 Å². The van der Waals surface area contributed by atoms with Crippen molar-refractivity contribution in [2.75, 3.05) is 0 Å². The van der Waals surface area contributed by atoms with Crippen LogP contribution in [-0.4, -0.2) is 26.0 Å². The molecule has 2 amide bonds. The van der Waals surface area contributed by atoms with E-state index in [1.54, 1.807) is 24.3 Å². The van der Waals surface area contributed by atoms with Gasteiger partial charge in [-0.25, -0.2) is 4.90 Å². The lowest BCUT2D eigenvalue weighted by Crippen LogP contribution is -2.34. The molecule has 0 unspecified atom stereocenters. The Morgan fingerprint density at radius 3 is 2.54 bits per heavy atom. The molecule has 1 fully saturated rings. The fraction of sp³-hybridized carbons (Fsp3) is 0.0556. The smallest absolute Gasteiger partial charge is 0.268 e. The van der Waals surface area contributed by atoms with Crippen molar-refractivity contribution in [2.24, 2.45) is 0 Å². The van der Waals surface area contributed by atoms with Crippen LogP contribution < -0.4 is 0 Å². The summed E-state index contributed by atoms with van der Waals surface area (Å²) in [5.41, 5.74) is 1.86. The molecular weight excluding hydrogens is 372 g/mol. The van der Waals surface area contributed by atoms with Gasteiger partial charge in [0.1, 0.15) is 0 Å². The summed E-state index contributed by atoms with van der Waals surface area (Å²) in [4.78, 5) is 36.7. The normalized spacial score (nSPS) is 15.6. The molecule has 6 nitrogen and oxygen atoms in total. The number of rotatable bonds is 3. The molecule has 8 heteroatoms. The van der Waals surface area contributed by atoms with Gasteiger partial charge in [-0.3, -0.25) is 19.7 Å². The van der Waals surface area contributed by atoms with E-state index < -0.39 is 16.7 Å². The zero-order valence-corrected chi connectivity index (χ0v) is 15.2. The molecule has 1 saturated heterocycles. The van der Waals surface area contributed by atoms with Crippen molar-refractivity contribution in [2.45, 2.75) is 6.92 Å². The van der Waals surface area contributed by atoms with Crippen molar-refractivity contribution in [1.82, 2.24) is 4.90 Å². The third kappa shape index (κ3) is 3.56. The van der Waals surface area contributed by atoms with E-state index in [-0.39, 0.29) is 10.0 Å². The van der Waals surface area contributed by atoms with Crippen molar-refractivity contribution in [1.29, 1.82) is 0 Å². The molecule has 2 aromatic rings. The first-order valence-electron chi connectivity index (χ1n) is 7.50. The summed E-state index contributed by atoms with van der Waals surface area (Å²) in [5, 5.41) is 10.7. The zero-order chi connectivity index (χ0) is 18.8. The van der Waals surface area contributed by atoms with Gasteiger partial charge in [-0.2, -0.15) is 0 Å². The standard InChI is InChI=1S/C18H12N2O4S2/c1-11-3-2-4-13(9-11)16(21)19-17(22)15(26-18(19)25)10-12-5-7-14(8-6-12)20(23)24/h2-10H,1H3/b15-10+. The predicted octanol–water partition coefficient (Wildman–Crippen LogP) is 3.94. The molecule has 1 heterocycles. The molecule has 26 heavy (non-hydrogen) atoms. The first-order valence-corrected chi connectivity index (χ1v) is 8.73. The number of hydrogen-bond donors (Lipinski definition) is 0. The summed E-state index contributed by atoms with van der Waals surface area (Å²) < 4.78 is 0.162. The van der Waals surface area contributed by atoms with E-state index in [1.165, 1.54) is 24.3 Å². The Balaban J connectivity index is 1.86. The van der Waals surface area contributed by atoms with Crippen molar-refractivity contribution in [3.05, 3.63) is 80.2 Å². The van der Waals surface area contributed by atoms with Crippen LogP contribution in [0.15, 0.2) is 53.4 Å². The molecule has 3 rings (SSSR count). The number of aryl methyl sites for hydroxylation is 1. The number of imide groups is 1. The van der Waals surface area contributed by atoms with Crippen LogP contribution in [0.5, 0.6) is 0 Å². The Bertz CT molecular complexity index is 967. The molecule has 0 radical (unpaired) electrons. The molecule has 130 valence electrons. The highest BCUT2D eigenvalue weighted by Gasteiger charge is 2.37. The van der Waals surface area contributed by atoms with Gasteiger partial charge < -0.3 is 0 Å². The molecule has 0 saturated carbocycles. The Kier molecular flexibility index (Phi) is 4.97. The van der Waals surface area contributed by atoms with Crippen LogP contribution >= 0.6 is 24.0 Å². The fourth-order valence-electron chi connectivity index (χ4n) is 2.39. The second kappa shape index (κ2) is 7.19. The molecule has 0 spiro atoms. The van der Waals surface area contributed by atoms with Gasteiger partial charge in [-0.15, -0.1) is 0 Å². The predicted molar refractivity (Wildman–Crippen MR) is 104 cm³/mol. The van der Waals surface area contributed by atoms with Crippen molar-refractivity contribution < 1.29 is 14.5 Å². The summed E-state index contributed by atoms with van der Waals surface area (Å²) in [6.07, 6.45) is 1.56. The van der Waals surface area contributed by atoms with E-state index in [0.717, 1.165) is 22.2 Å². The number of benzene rings is 2. The first kappa shape index (κ1) is 18.0. The number of nitro benzene ring substituents is 1. The second-order valence-electron chi connectivity index (χ2n) is 5.54. The van der Waals surface area contributed by atoms with Gasteiger partial charge in [-0.1, -0.05) is 41.7 Å². The van der Waals surface area contributed by atoms with Crippen LogP contribution in [0.1, 0.15) is 21.5 Å². The number of carbonyl (C=O) groups is 2. The maximum Gasteiger partial charge on any atom is 0.273 e. The zero-order valence-electron chi connectivity index (χ0n) is 13.5. The lowest BCUT2D eigenvalue weighted by molar-refractivity contribution is -0.384. The first-order chi connectivity index (χ1) is 12.4. The highest BCUT2D eigenvalue weighted by atomic mass is 32.2. The fourth-order valence-corrected chi connectivity index (χ4v) is 3.65. The molecule has 0 atom stereocenters. The minimum Gasteiger partial charge on any atom is -0.268 e. The molecule has 1 aliphatic heterocycles. The Hall–Kier alpha value is -2.84. The molecular formula is C18H12N2O4S2. The van der Waals surface area contributed by atoms with E-state index in [0.29, 0.717) is 16.0 Å². The average Bonchev–Trinajstić information content (AvgIpc) is 2.88. The molecule has 2 aromatic carbocycles. The minimum atomic E-state index is -0.496. The number of carbonyl (C=O) groups excluding carboxylic acids is 2. The van der Waals surface area contributed by atoms with E-state index in [9.17, 15) is 19.7 Å². The number of hydrogen-bond acceptors (Lipinski definition) is 6. The molecule has 0 aliphatic carbocycles. The van der Waals surface area contributed by atoms with Gasteiger partial charge in [0.2, 0.25) is 0 Å². The van der Waals surface area contributed by atoms with Gasteiger partial charge >= 0.3 is 0 Å². The lowest BCUT2D eigenvalue weighted by atomic mass is 10.1. The maximum atomic E-state index is 12.6. The number of non-ortho nitro benzene ring substituents is 1. The largest absolute Gasteiger partial charge is 0.273 e. The van der Waals surface area contributed by atoms with E-state index in [4.69, 9.17) is 12.2 Å². The quantitative estimate of drug-likeness (QED) is 0.262. The number of thiocarbonyl (C=S) groups is 1. The molecule has 0 aromatic heterocycles. The van der Waals surface area contributed by atoms with Crippen LogP contribution in [0.3, 0.4) is 0 Å². The average molecular weight is 384 g/mol. The van der Waals surface area contributed by atoms with Gasteiger partial charge in [0.05, 0.1) is 9.83 Å². The summed E-state index contributed by atoms with van der Waals surface area (Å²) in [7, 11) is 0. The third-order valence-corrected chi connectivity index (χ3v) is 4.97. The number of thioether (sulfide) groups is 1. The number of nitrogens with zero attached hydrogens (tertiary/aromatic N) is 2. The lowest BCUT2D eigenvalue weighted by Gasteiger charge is -2.12. The van der Waals surface area contributed by atoms with E-state index in [2.05, 4.69) is 0 Å². The van der Waals surface area contributed by atoms with Crippen molar-refractivity contribution in [3.8, 4) is 0 Å². The van der Waals surface area contributed by atoms with Crippen LogP contribution in [0, 0.1) is 17.0 Å². The Morgan fingerprint density at radius 1 is 1.23 bits per heavy atom. The van der Waals surface area contributed by atoms with Crippen LogP contribution in [0.4, 0.5) is 5.69 Å². The summed E-state index contributed by atoms with van der Waals surface area (Å²) in [5.74, 6) is -0.965. The van der Waals surface area contributed by atoms with Gasteiger partial charge in [0, 0.05) is 17.7 Å². The SMILES string of the molecule is Cc1cccc(C(=O)N2C(=O)/C(=C\c3ccc([N+](=O)[O-])cc3)SC2=S)c1. The maximum absolute atomic E-state index is 12.6. The minimum absolute atomic E-state index is 0.0377. The van der Waals surface area contributed by atoms with Crippen LogP contribution in [-0.2, 0) is 4.79 Å². The van der Waals surface area contributed by atoms with Crippen molar-refractivity contribution >= 4 is 51.9 Å². The molecule has 1 aliphatic rings. The van der Waals surface area contributed by atoms with Gasteiger partial charge in [-0.05, 0) is 42.8 Å².